The highest BCUT2D eigenvalue weighted by molar-refractivity contribution is 7.89. The standard InChI is InChI=1S/C16H22N2O2S/c1-5-8-18(10-14-6-7-14)21(19,20)16-12(3)11(2)9-15(17)13(16)4/h1,9,14H,6-8,10,17H2,2-4H3. The molecule has 1 aliphatic rings. The summed E-state index contributed by atoms with van der Waals surface area (Å²) < 4.78 is 27.4. The van der Waals surface area contributed by atoms with Gasteiger partial charge in [0.25, 0.3) is 0 Å². The predicted octanol–water partition coefficient (Wildman–Crippen LogP) is 2.23. The summed E-state index contributed by atoms with van der Waals surface area (Å²) in [7, 11) is -3.61. The van der Waals surface area contributed by atoms with Crippen LogP contribution < -0.4 is 5.73 Å². The van der Waals surface area contributed by atoms with Gasteiger partial charge in [-0.1, -0.05) is 5.92 Å². The van der Waals surface area contributed by atoms with Crippen LogP contribution in [0.2, 0.25) is 0 Å². The van der Waals surface area contributed by atoms with E-state index in [0.717, 1.165) is 24.0 Å². The van der Waals surface area contributed by atoms with E-state index in [0.29, 0.717) is 28.6 Å². The molecule has 0 saturated heterocycles. The van der Waals surface area contributed by atoms with E-state index >= 15 is 0 Å². The normalized spacial score (nSPS) is 15.2. The topological polar surface area (TPSA) is 63.4 Å². The lowest BCUT2D eigenvalue weighted by Crippen LogP contribution is -2.34. The van der Waals surface area contributed by atoms with Gasteiger partial charge in [-0.15, -0.1) is 6.42 Å². The van der Waals surface area contributed by atoms with Crippen LogP contribution in [-0.4, -0.2) is 25.8 Å². The molecule has 1 aliphatic carbocycles. The van der Waals surface area contributed by atoms with Crippen molar-refractivity contribution in [3.63, 3.8) is 0 Å². The molecule has 0 radical (unpaired) electrons. The third-order valence-electron chi connectivity index (χ3n) is 4.10. The first kappa shape index (κ1) is 15.9. The average Bonchev–Trinajstić information content (AvgIpc) is 3.20. The van der Waals surface area contributed by atoms with Gasteiger partial charge in [0.05, 0.1) is 11.4 Å². The lowest BCUT2D eigenvalue weighted by Gasteiger charge is -2.23. The quantitative estimate of drug-likeness (QED) is 0.670. The van der Waals surface area contributed by atoms with Gasteiger partial charge in [0, 0.05) is 12.2 Å². The molecule has 5 heteroatoms. The van der Waals surface area contributed by atoms with E-state index in [1.807, 2.05) is 19.9 Å². The molecule has 0 heterocycles. The summed E-state index contributed by atoms with van der Waals surface area (Å²) in [6, 6.07) is 1.82. The molecular formula is C16H22N2O2S. The van der Waals surface area contributed by atoms with E-state index in [4.69, 9.17) is 12.2 Å². The molecule has 0 amide bonds. The molecule has 0 aromatic heterocycles. The lowest BCUT2D eigenvalue weighted by molar-refractivity contribution is 0.429. The number of terminal acetylenes is 1. The second-order valence-corrected chi connectivity index (χ2v) is 7.68. The minimum Gasteiger partial charge on any atom is -0.398 e. The fourth-order valence-electron chi connectivity index (χ4n) is 2.50. The summed E-state index contributed by atoms with van der Waals surface area (Å²) in [5, 5.41) is 0. The molecule has 2 N–H and O–H groups in total. The second kappa shape index (κ2) is 5.70. The van der Waals surface area contributed by atoms with Gasteiger partial charge < -0.3 is 5.73 Å². The maximum atomic E-state index is 13.0. The van der Waals surface area contributed by atoms with Crippen molar-refractivity contribution in [2.75, 3.05) is 18.8 Å². The molecule has 1 fully saturated rings. The predicted molar refractivity (Wildman–Crippen MR) is 85.4 cm³/mol. The molecule has 0 bridgehead atoms. The molecule has 1 saturated carbocycles. The number of rotatable bonds is 5. The van der Waals surface area contributed by atoms with Crippen LogP contribution in [0.1, 0.15) is 29.5 Å². The molecule has 0 aliphatic heterocycles. The minimum atomic E-state index is -3.61. The lowest BCUT2D eigenvalue weighted by atomic mass is 10.1. The zero-order valence-electron chi connectivity index (χ0n) is 12.8. The van der Waals surface area contributed by atoms with Gasteiger partial charge in [-0.05, 0) is 62.3 Å². The van der Waals surface area contributed by atoms with Crippen molar-refractivity contribution in [2.45, 2.75) is 38.5 Å². The summed E-state index contributed by atoms with van der Waals surface area (Å²) in [5.74, 6) is 2.90. The van der Waals surface area contributed by atoms with Crippen LogP contribution in [0, 0.1) is 39.0 Å². The Labute approximate surface area is 127 Å². The SMILES string of the molecule is C#CCN(CC1CC1)S(=O)(=O)c1c(C)c(C)cc(N)c1C. The summed E-state index contributed by atoms with van der Waals surface area (Å²) in [6.07, 6.45) is 7.50. The number of hydrogen-bond acceptors (Lipinski definition) is 3. The van der Waals surface area contributed by atoms with Crippen molar-refractivity contribution in [2.24, 2.45) is 5.92 Å². The Morgan fingerprint density at radius 1 is 1.33 bits per heavy atom. The average molecular weight is 306 g/mol. The molecule has 2 rings (SSSR count). The van der Waals surface area contributed by atoms with Crippen molar-refractivity contribution in [3.8, 4) is 12.3 Å². The Kier molecular flexibility index (Phi) is 4.31. The summed E-state index contributed by atoms with van der Waals surface area (Å²) >= 11 is 0. The maximum absolute atomic E-state index is 13.0. The smallest absolute Gasteiger partial charge is 0.244 e. The van der Waals surface area contributed by atoms with E-state index in [-0.39, 0.29) is 6.54 Å². The van der Waals surface area contributed by atoms with Gasteiger partial charge in [-0.2, -0.15) is 4.31 Å². The summed E-state index contributed by atoms with van der Waals surface area (Å²) in [5.41, 5.74) is 8.69. The van der Waals surface area contributed by atoms with E-state index in [1.165, 1.54) is 4.31 Å². The van der Waals surface area contributed by atoms with Crippen molar-refractivity contribution in [1.82, 2.24) is 4.31 Å². The highest BCUT2D eigenvalue weighted by Crippen LogP contribution is 2.34. The summed E-state index contributed by atoms with van der Waals surface area (Å²) in [4.78, 5) is 0.316. The maximum Gasteiger partial charge on any atom is 0.244 e. The van der Waals surface area contributed by atoms with Crippen molar-refractivity contribution in [1.29, 1.82) is 0 Å². The first-order valence-corrected chi connectivity index (χ1v) is 8.53. The van der Waals surface area contributed by atoms with Crippen LogP contribution in [0.25, 0.3) is 0 Å². The van der Waals surface area contributed by atoms with Gasteiger partial charge >= 0.3 is 0 Å². The Balaban J connectivity index is 2.54. The molecule has 114 valence electrons. The zero-order valence-corrected chi connectivity index (χ0v) is 13.6. The minimum absolute atomic E-state index is 0.103. The number of nitrogens with zero attached hydrogens (tertiary/aromatic N) is 1. The first-order valence-electron chi connectivity index (χ1n) is 7.09. The molecule has 4 nitrogen and oxygen atoms in total. The fraction of sp³-hybridized carbons (Fsp3) is 0.500. The number of aryl methyl sites for hydroxylation is 1. The second-order valence-electron chi connectivity index (χ2n) is 5.81. The highest BCUT2D eigenvalue weighted by Gasteiger charge is 2.33. The third-order valence-corrected chi connectivity index (χ3v) is 6.19. The van der Waals surface area contributed by atoms with Crippen molar-refractivity contribution in [3.05, 3.63) is 22.8 Å². The molecule has 1 aromatic carbocycles. The fourth-order valence-corrected chi connectivity index (χ4v) is 4.46. The summed E-state index contributed by atoms with van der Waals surface area (Å²) in [6.45, 7) is 6.04. The van der Waals surface area contributed by atoms with Gasteiger partial charge in [0.2, 0.25) is 10.0 Å². The van der Waals surface area contributed by atoms with E-state index < -0.39 is 10.0 Å². The molecule has 1 aromatic rings. The molecule has 0 atom stereocenters. The number of sulfonamides is 1. The number of anilines is 1. The number of benzene rings is 1. The molecule has 0 spiro atoms. The Hall–Kier alpha value is -1.51. The van der Waals surface area contributed by atoms with Crippen LogP contribution in [0.5, 0.6) is 0 Å². The Morgan fingerprint density at radius 2 is 1.95 bits per heavy atom. The van der Waals surface area contributed by atoms with Gasteiger partial charge in [-0.3, -0.25) is 0 Å². The molecule has 0 unspecified atom stereocenters. The monoisotopic (exact) mass is 306 g/mol. The van der Waals surface area contributed by atoms with Crippen molar-refractivity contribution < 1.29 is 8.42 Å². The third kappa shape index (κ3) is 3.07. The van der Waals surface area contributed by atoms with E-state index in [1.54, 1.807) is 6.92 Å². The zero-order chi connectivity index (χ0) is 15.8. The highest BCUT2D eigenvalue weighted by atomic mass is 32.2. The van der Waals surface area contributed by atoms with E-state index in [9.17, 15) is 8.42 Å². The number of nitrogens with two attached hydrogens (primary N) is 1. The van der Waals surface area contributed by atoms with Crippen LogP contribution in [0.3, 0.4) is 0 Å². The van der Waals surface area contributed by atoms with Crippen molar-refractivity contribution >= 4 is 15.7 Å². The largest absolute Gasteiger partial charge is 0.398 e. The molecular weight excluding hydrogens is 284 g/mol. The van der Waals surface area contributed by atoms with Gasteiger partial charge in [-0.25, -0.2) is 8.42 Å². The van der Waals surface area contributed by atoms with Crippen LogP contribution in [0.15, 0.2) is 11.0 Å². The van der Waals surface area contributed by atoms with Gasteiger partial charge in [0.1, 0.15) is 0 Å². The van der Waals surface area contributed by atoms with Crippen LogP contribution in [0.4, 0.5) is 5.69 Å². The first-order chi connectivity index (χ1) is 9.78. The molecule has 21 heavy (non-hydrogen) atoms. The van der Waals surface area contributed by atoms with Crippen LogP contribution >= 0.6 is 0 Å². The van der Waals surface area contributed by atoms with Crippen LogP contribution in [-0.2, 0) is 10.0 Å². The van der Waals surface area contributed by atoms with E-state index in [2.05, 4.69) is 5.92 Å². The Bertz CT molecular complexity index is 672. The Morgan fingerprint density at radius 3 is 2.48 bits per heavy atom. The number of nitrogen functional groups attached to an aromatic ring is 1. The number of hydrogen-bond donors (Lipinski definition) is 1. The van der Waals surface area contributed by atoms with Gasteiger partial charge in [0.15, 0.2) is 0 Å².